The average Bonchev–Trinajstić information content (AvgIpc) is 2.38. The summed E-state index contributed by atoms with van der Waals surface area (Å²) < 4.78 is 0. The van der Waals surface area contributed by atoms with Gasteiger partial charge in [-0.2, -0.15) is 10.5 Å². The molecule has 0 atom stereocenters. The molecule has 1 rings (SSSR count). The second-order valence-electron chi connectivity index (χ2n) is 3.93. The number of nitriles is 2. The second-order valence-corrected chi connectivity index (χ2v) is 3.93. The molecule has 0 amide bonds. The number of carboxylic acid groups (broad SMARTS) is 1. The summed E-state index contributed by atoms with van der Waals surface area (Å²) in [4.78, 5) is 16.8. The van der Waals surface area contributed by atoms with Crippen LogP contribution in [0.4, 0.5) is 5.82 Å². The van der Waals surface area contributed by atoms with Gasteiger partial charge >= 0.3 is 5.97 Å². The molecule has 0 aliphatic carbocycles. The van der Waals surface area contributed by atoms with Crippen molar-refractivity contribution in [3.05, 3.63) is 23.4 Å². The van der Waals surface area contributed by atoms with E-state index in [1.807, 2.05) is 19.1 Å². The standard InChI is InChI=1S/C13H14N4O2/c1-2-3-11-8-10(13(18)19)9-12(16-11)17(6-4-14)7-5-15/h8-9H,2-3,6-7H2,1H3,(H,18,19). The van der Waals surface area contributed by atoms with E-state index in [0.29, 0.717) is 17.9 Å². The molecule has 0 fully saturated rings. The smallest absolute Gasteiger partial charge is 0.335 e. The highest BCUT2D eigenvalue weighted by atomic mass is 16.4. The number of pyridine rings is 1. The third-order valence-corrected chi connectivity index (χ3v) is 2.47. The van der Waals surface area contributed by atoms with Crippen LogP contribution in [0.5, 0.6) is 0 Å². The van der Waals surface area contributed by atoms with Gasteiger partial charge in [-0.05, 0) is 18.6 Å². The van der Waals surface area contributed by atoms with E-state index in [1.165, 1.54) is 17.0 Å². The minimum Gasteiger partial charge on any atom is -0.478 e. The Morgan fingerprint density at radius 2 is 2.00 bits per heavy atom. The first-order valence-corrected chi connectivity index (χ1v) is 5.85. The van der Waals surface area contributed by atoms with Crippen LogP contribution in [0.25, 0.3) is 0 Å². The van der Waals surface area contributed by atoms with Crippen molar-refractivity contribution in [2.24, 2.45) is 0 Å². The Morgan fingerprint density at radius 1 is 1.37 bits per heavy atom. The van der Waals surface area contributed by atoms with Crippen LogP contribution in [0, 0.1) is 22.7 Å². The molecular weight excluding hydrogens is 244 g/mol. The Bertz CT molecular complexity index is 527. The molecule has 1 N–H and O–H groups in total. The third kappa shape index (κ3) is 3.97. The summed E-state index contributed by atoms with van der Waals surface area (Å²) >= 11 is 0. The van der Waals surface area contributed by atoms with E-state index in [-0.39, 0.29) is 18.7 Å². The maximum Gasteiger partial charge on any atom is 0.335 e. The zero-order chi connectivity index (χ0) is 14.3. The first-order valence-electron chi connectivity index (χ1n) is 5.85. The van der Waals surface area contributed by atoms with Gasteiger partial charge in [0, 0.05) is 5.69 Å². The molecule has 98 valence electrons. The quantitative estimate of drug-likeness (QED) is 0.777. The molecule has 0 aliphatic rings. The summed E-state index contributed by atoms with van der Waals surface area (Å²) in [5, 5.41) is 26.5. The highest BCUT2D eigenvalue weighted by Crippen LogP contribution is 2.16. The summed E-state index contributed by atoms with van der Waals surface area (Å²) in [6, 6.07) is 6.78. The van der Waals surface area contributed by atoms with Crippen molar-refractivity contribution in [2.45, 2.75) is 19.8 Å². The fourth-order valence-corrected chi connectivity index (χ4v) is 1.63. The molecule has 6 heteroatoms. The lowest BCUT2D eigenvalue weighted by atomic mass is 10.1. The van der Waals surface area contributed by atoms with Gasteiger partial charge in [0.2, 0.25) is 0 Å². The van der Waals surface area contributed by atoms with Crippen molar-refractivity contribution in [1.29, 1.82) is 10.5 Å². The monoisotopic (exact) mass is 258 g/mol. The lowest BCUT2D eigenvalue weighted by Gasteiger charge is -2.18. The number of rotatable bonds is 6. The highest BCUT2D eigenvalue weighted by molar-refractivity contribution is 5.88. The van der Waals surface area contributed by atoms with Crippen molar-refractivity contribution >= 4 is 11.8 Å². The van der Waals surface area contributed by atoms with Crippen molar-refractivity contribution in [1.82, 2.24) is 4.98 Å². The summed E-state index contributed by atoms with van der Waals surface area (Å²) in [5.74, 6) is -0.693. The molecule has 0 bridgehead atoms. The van der Waals surface area contributed by atoms with E-state index >= 15 is 0 Å². The molecule has 19 heavy (non-hydrogen) atoms. The summed E-state index contributed by atoms with van der Waals surface area (Å²) in [6.07, 6.45) is 1.49. The molecular formula is C13H14N4O2. The molecule has 0 saturated carbocycles. The first-order chi connectivity index (χ1) is 9.12. The molecule has 0 unspecified atom stereocenters. The molecule has 0 aromatic carbocycles. The maximum absolute atomic E-state index is 11.1. The molecule has 1 aromatic heterocycles. The topological polar surface area (TPSA) is 101 Å². The summed E-state index contributed by atoms with van der Waals surface area (Å²) in [5.41, 5.74) is 0.771. The Labute approximate surface area is 111 Å². The van der Waals surface area contributed by atoms with Gasteiger partial charge in [-0.15, -0.1) is 0 Å². The molecule has 0 aliphatic heterocycles. The van der Waals surface area contributed by atoms with E-state index in [9.17, 15) is 4.79 Å². The van der Waals surface area contributed by atoms with Crippen LogP contribution in [-0.2, 0) is 6.42 Å². The van der Waals surface area contributed by atoms with E-state index in [0.717, 1.165) is 6.42 Å². The number of hydrogen-bond donors (Lipinski definition) is 1. The normalized spacial score (nSPS) is 9.42. The molecule has 0 spiro atoms. The minimum absolute atomic E-state index is 0.00476. The van der Waals surface area contributed by atoms with Gasteiger partial charge in [-0.1, -0.05) is 13.3 Å². The maximum atomic E-state index is 11.1. The number of aromatic nitrogens is 1. The fourth-order valence-electron chi connectivity index (χ4n) is 1.63. The predicted molar refractivity (Wildman–Crippen MR) is 68.6 cm³/mol. The Morgan fingerprint density at radius 3 is 2.47 bits per heavy atom. The number of aromatic carboxylic acids is 1. The van der Waals surface area contributed by atoms with Crippen LogP contribution in [0.1, 0.15) is 29.4 Å². The van der Waals surface area contributed by atoms with Gasteiger partial charge in [0.15, 0.2) is 0 Å². The third-order valence-electron chi connectivity index (χ3n) is 2.47. The Balaban J connectivity index is 3.20. The zero-order valence-corrected chi connectivity index (χ0v) is 10.6. The van der Waals surface area contributed by atoms with Crippen LogP contribution in [-0.4, -0.2) is 29.1 Å². The number of carbonyl (C=O) groups is 1. The van der Waals surface area contributed by atoms with Gasteiger partial charge in [0.05, 0.1) is 17.7 Å². The van der Waals surface area contributed by atoms with Crippen LogP contribution in [0.3, 0.4) is 0 Å². The molecule has 0 radical (unpaired) electrons. The van der Waals surface area contributed by atoms with Crippen molar-refractivity contribution in [3.63, 3.8) is 0 Å². The molecule has 1 aromatic rings. The molecule has 0 saturated heterocycles. The Hall–Kier alpha value is -2.60. The minimum atomic E-state index is -1.05. The number of hydrogen-bond acceptors (Lipinski definition) is 5. The number of nitrogens with zero attached hydrogens (tertiary/aromatic N) is 4. The van der Waals surface area contributed by atoms with Crippen LogP contribution in [0.15, 0.2) is 12.1 Å². The number of anilines is 1. The van der Waals surface area contributed by atoms with Crippen molar-refractivity contribution in [2.75, 3.05) is 18.0 Å². The summed E-state index contributed by atoms with van der Waals surface area (Å²) in [6.45, 7) is 1.96. The van der Waals surface area contributed by atoms with E-state index in [1.54, 1.807) is 0 Å². The number of aryl methyl sites for hydroxylation is 1. The number of carboxylic acids is 1. The predicted octanol–water partition coefficient (Wildman–Crippen LogP) is 1.59. The lowest BCUT2D eigenvalue weighted by Crippen LogP contribution is -2.25. The van der Waals surface area contributed by atoms with Gasteiger partial charge in [-0.25, -0.2) is 9.78 Å². The summed E-state index contributed by atoms with van der Waals surface area (Å²) in [7, 11) is 0. The van der Waals surface area contributed by atoms with Crippen LogP contribution < -0.4 is 4.90 Å². The van der Waals surface area contributed by atoms with Gasteiger partial charge in [0.1, 0.15) is 18.9 Å². The first kappa shape index (κ1) is 14.5. The largest absolute Gasteiger partial charge is 0.478 e. The fraction of sp³-hybridized carbons (Fsp3) is 0.385. The average molecular weight is 258 g/mol. The van der Waals surface area contributed by atoms with Gasteiger partial charge in [0.25, 0.3) is 0 Å². The van der Waals surface area contributed by atoms with Gasteiger partial charge < -0.3 is 10.0 Å². The van der Waals surface area contributed by atoms with Gasteiger partial charge in [-0.3, -0.25) is 0 Å². The van der Waals surface area contributed by atoms with Crippen LogP contribution >= 0.6 is 0 Å². The SMILES string of the molecule is CCCc1cc(C(=O)O)cc(N(CC#N)CC#N)n1. The lowest BCUT2D eigenvalue weighted by molar-refractivity contribution is 0.0696. The van der Waals surface area contributed by atoms with Crippen LogP contribution in [0.2, 0.25) is 0 Å². The van der Waals surface area contributed by atoms with E-state index in [4.69, 9.17) is 15.6 Å². The highest BCUT2D eigenvalue weighted by Gasteiger charge is 2.13. The van der Waals surface area contributed by atoms with E-state index < -0.39 is 5.97 Å². The molecule has 6 nitrogen and oxygen atoms in total. The van der Waals surface area contributed by atoms with E-state index in [2.05, 4.69) is 4.98 Å². The zero-order valence-electron chi connectivity index (χ0n) is 10.6. The second kappa shape index (κ2) is 6.97. The Kier molecular flexibility index (Phi) is 5.31. The molecule has 1 heterocycles. The van der Waals surface area contributed by atoms with Crippen molar-refractivity contribution < 1.29 is 9.90 Å². The van der Waals surface area contributed by atoms with Crippen molar-refractivity contribution in [3.8, 4) is 12.1 Å².